The molecule has 1 aliphatic heterocycles. The molecule has 15 heteroatoms. The Balaban J connectivity index is 1.65. The van der Waals surface area contributed by atoms with Crippen molar-refractivity contribution in [3.63, 3.8) is 0 Å². The van der Waals surface area contributed by atoms with Gasteiger partial charge in [-0.1, -0.05) is 13.8 Å². The summed E-state index contributed by atoms with van der Waals surface area (Å²) in [5.41, 5.74) is 6.22. The SMILES string of the molecule is CC(C)C[C@@H](O)C(=O)NS(=O)(=O)OC[C@H]1O[C@@H](n2cnc3c(N)ncnc32)[C@H](O)[C@@H]1O. The molecule has 0 bridgehead atoms. The average molecular weight is 460 g/mol. The molecule has 6 N–H and O–H groups in total. The Morgan fingerprint density at radius 3 is 2.71 bits per heavy atom. The molecule has 1 saturated heterocycles. The molecule has 172 valence electrons. The standard InChI is InChI=1S/C16H24N6O8S/c1-7(2)3-8(23)15(26)21-31(27,28)29-4-9-11(24)12(25)16(30-9)22-6-20-10-13(17)18-5-19-14(10)22/h5-9,11-12,16,23-25H,3-4H2,1-2H3,(H,21,26)(H2,17,18,19)/t8-,9-,11-,12-,16-/m1/s1. The van der Waals surface area contributed by atoms with Gasteiger partial charge in [0, 0.05) is 0 Å². The van der Waals surface area contributed by atoms with Gasteiger partial charge >= 0.3 is 10.3 Å². The van der Waals surface area contributed by atoms with E-state index in [-0.39, 0.29) is 29.3 Å². The first-order valence-corrected chi connectivity index (χ1v) is 10.7. The van der Waals surface area contributed by atoms with Crippen molar-refractivity contribution in [2.45, 2.75) is 50.9 Å². The van der Waals surface area contributed by atoms with E-state index < -0.39 is 53.5 Å². The van der Waals surface area contributed by atoms with Gasteiger partial charge in [-0.3, -0.25) is 13.5 Å². The van der Waals surface area contributed by atoms with E-state index in [2.05, 4.69) is 15.0 Å². The summed E-state index contributed by atoms with van der Waals surface area (Å²) in [6.45, 7) is 2.80. The summed E-state index contributed by atoms with van der Waals surface area (Å²) < 4.78 is 37.1. The number of hydrogen-bond acceptors (Lipinski definition) is 12. The first-order chi connectivity index (χ1) is 14.5. The van der Waals surface area contributed by atoms with Crippen LogP contribution in [0, 0.1) is 5.92 Å². The van der Waals surface area contributed by atoms with Gasteiger partial charge in [-0.05, 0) is 12.3 Å². The van der Waals surface area contributed by atoms with Gasteiger partial charge in [-0.15, -0.1) is 0 Å². The lowest BCUT2D eigenvalue weighted by Gasteiger charge is -2.17. The Morgan fingerprint density at radius 1 is 1.32 bits per heavy atom. The number of carbonyl (C=O) groups is 1. The van der Waals surface area contributed by atoms with Crippen LogP contribution in [-0.4, -0.2) is 80.2 Å². The van der Waals surface area contributed by atoms with Gasteiger partial charge in [-0.25, -0.2) is 19.7 Å². The van der Waals surface area contributed by atoms with Crippen LogP contribution in [0.1, 0.15) is 26.5 Å². The number of aliphatic hydroxyl groups is 3. The van der Waals surface area contributed by atoms with Crippen LogP contribution in [0.3, 0.4) is 0 Å². The molecular weight excluding hydrogens is 436 g/mol. The van der Waals surface area contributed by atoms with Crippen molar-refractivity contribution in [1.82, 2.24) is 24.2 Å². The fourth-order valence-electron chi connectivity index (χ4n) is 3.08. The maximum atomic E-state index is 12.0. The Kier molecular flexibility index (Phi) is 6.73. The molecule has 3 rings (SSSR count). The Hall–Kier alpha value is -2.43. The lowest BCUT2D eigenvalue weighted by Crippen LogP contribution is -2.42. The van der Waals surface area contributed by atoms with E-state index in [0.29, 0.717) is 0 Å². The van der Waals surface area contributed by atoms with E-state index >= 15 is 0 Å². The van der Waals surface area contributed by atoms with Gasteiger partial charge in [0.05, 0.1) is 12.9 Å². The summed E-state index contributed by atoms with van der Waals surface area (Å²) in [5, 5.41) is 30.3. The van der Waals surface area contributed by atoms with E-state index in [4.69, 9.17) is 14.7 Å². The number of carbonyl (C=O) groups excluding carboxylic acids is 1. The third-order valence-corrected chi connectivity index (χ3v) is 5.51. The molecule has 3 heterocycles. The molecule has 0 aliphatic carbocycles. The second-order valence-corrected chi connectivity index (χ2v) is 8.83. The van der Waals surface area contributed by atoms with Crippen molar-refractivity contribution < 1.29 is 37.5 Å². The number of fused-ring (bicyclic) bond motifs is 1. The third-order valence-electron chi connectivity index (χ3n) is 4.61. The smallest absolute Gasteiger partial charge is 0.362 e. The maximum Gasteiger partial charge on any atom is 0.362 e. The minimum atomic E-state index is -4.59. The number of nitrogen functional groups attached to an aromatic ring is 1. The molecule has 2 aromatic heterocycles. The quantitative estimate of drug-likeness (QED) is 0.284. The maximum absolute atomic E-state index is 12.0. The lowest BCUT2D eigenvalue weighted by molar-refractivity contribution is -0.128. The fraction of sp³-hybridized carbons (Fsp3) is 0.625. The molecule has 14 nitrogen and oxygen atoms in total. The summed E-state index contributed by atoms with van der Waals surface area (Å²) in [5.74, 6) is -1.07. The number of nitrogens with one attached hydrogen (secondary N) is 1. The summed E-state index contributed by atoms with van der Waals surface area (Å²) in [6.07, 6.45) is -4.39. The third kappa shape index (κ3) is 5.08. The van der Waals surface area contributed by atoms with Gasteiger partial charge in [0.25, 0.3) is 5.91 Å². The molecule has 0 aromatic carbocycles. The zero-order chi connectivity index (χ0) is 22.9. The number of aliphatic hydroxyl groups excluding tert-OH is 3. The minimum Gasteiger partial charge on any atom is -0.387 e. The molecule has 2 aromatic rings. The van der Waals surface area contributed by atoms with E-state index in [9.17, 15) is 28.5 Å². The van der Waals surface area contributed by atoms with Crippen molar-refractivity contribution in [3.8, 4) is 0 Å². The highest BCUT2D eigenvalue weighted by molar-refractivity contribution is 7.85. The Bertz CT molecular complexity index is 1040. The largest absolute Gasteiger partial charge is 0.387 e. The highest BCUT2D eigenvalue weighted by atomic mass is 32.2. The van der Waals surface area contributed by atoms with E-state index in [1.807, 2.05) is 0 Å². The van der Waals surface area contributed by atoms with E-state index in [1.165, 1.54) is 17.2 Å². The number of amides is 1. The summed E-state index contributed by atoms with van der Waals surface area (Å²) in [7, 11) is -4.59. The Labute approximate surface area is 177 Å². The number of nitrogens with two attached hydrogens (primary N) is 1. The molecule has 1 amide bonds. The number of nitrogens with zero attached hydrogens (tertiary/aromatic N) is 4. The number of ether oxygens (including phenoxy) is 1. The van der Waals surface area contributed by atoms with Crippen molar-refractivity contribution in [2.24, 2.45) is 5.92 Å². The zero-order valence-electron chi connectivity index (χ0n) is 16.7. The predicted molar refractivity (Wildman–Crippen MR) is 104 cm³/mol. The van der Waals surface area contributed by atoms with Crippen LogP contribution in [0.15, 0.2) is 12.7 Å². The van der Waals surface area contributed by atoms with Crippen LogP contribution in [0.4, 0.5) is 5.82 Å². The Morgan fingerprint density at radius 2 is 2.03 bits per heavy atom. The van der Waals surface area contributed by atoms with Crippen molar-refractivity contribution in [1.29, 1.82) is 0 Å². The molecule has 0 unspecified atom stereocenters. The van der Waals surface area contributed by atoms with Gasteiger partial charge < -0.3 is 25.8 Å². The summed E-state index contributed by atoms with van der Waals surface area (Å²) in [4.78, 5) is 23.7. The molecule has 0 radical (unpaired) electrons. The van der Waals surface area contributed by atoms with E-state index in [0.717, 1.165) is 0 Å². The lowest BCUT2D eigenvalue weighted by atomic mass is 10.1. The van der Waals surface area contributed by atoms with Crippen LogP contribution in [0.2, 0.25) is 0 Å². The summed E-state index contributed by atoms with van der Waals surface area (Å²) >= 11 is 0. The number of hydrogen-bond donors (Lipinski definition) is 5. The van der Waals surface area contributed by atoms with Crippen LogP contribution >= 0.6 is 0 Å². The average Bonchev–Trinajstić information content (AvgIpc) is 3.22. The normalized spacial score (nSPS) is 25.2. The minimum absolute atomic E-state index is 0.0373. The second-order valence-electron chi connectivity index (χ2n) is 7.48. The number of anilines is 1. The highest BCUT2D eigenvalue weighted by Gasteiger charge is 2.45. The highest BCUT2D eigenvalue weighted by Crippen LogP contribution is 2.32. The van der Waals surface area contributed by atoms with Crippen molar-refractivity contribution in [3.05, 3.63) is 12.7 Å². The van der Waals surface area contributed by atoms with Gasteiger partial charge in [-0.2, -0.15) is 8.42 Å². The second kappa shape index (κ2) is 8.97. The molecule has 1 fully saturated rings. The number of aromatic nitrogens is 4. The predicted octanol–water partition coefficient (Wildman–Crippen LogP) is -2.19. The van der Waals surface area contributed by atoms with Crippen LogP contribution in [0.25, 0.3) is 11.2 Å². The van der Waals surface area contributed by atoms with Crippen molar-refractivity contribution >= 4 is 33.2 Å². The molecule has 0 spiro atoms. The monoisotopic (exact) mass is 460 g/mol. The number of imidazole rings is 1. The van der Waals surface area contributed by atoms with Crippen molar-refractivity contribution in [2.75, 3.05) is 12.3 Å². The van der Waals surface area contributed by atoms with Gasteiger partial charge in [0.1, 0.15) is 36.3 Å². The fourth-order valence-corrected chi connectivity index (χ4v) is 3.84. The molecule has 1 aliphatic rings. The van der Waals surface area contributed by atoms with Gasteiger partial charge in [0.15, 0.2) is 17.7 Å². The first kappa shape index (κ1) is 23.2. The first-order valence-electron chi connectivity index (χ1n) is 9.34. The molecule has 31 heavy (non-hydrogen) atoms. The van der Waals surface area contributed by atoms with E-state index in [1.54, 1.807) is 18.6 Å². The molecule has 0 saturated carbocycles. The summed E-state index contributed by atoms with van der Waals surface area (Å²) in [6, 6.07) is 0. The molecule has 5 atom stereocenters. The molecular formula is C16H24N6O8S. The number of rotatable bonds is 8. The van der Waals surface area contributed by atoms with Gasteiger partial charge in [0.2, 0.25) is 0 Å². The van der Waals surface area contributed by atoms with Crippen LogP contribution in [0.5, 0.6) is 0 Å². The van der Waals surface area contributed by atoms with Crippen LogP contribution in [-0.2, 0) is 24.0 Å². The topological polar surface area (TPSA) is 212 Å². The zero-order valence-corrected chi connectivity index (χ0v) is 17.5. The van der Waals surface area contributed by atoms with Crippen LogP contribution < -0.4 is 10.5 Å².